The molecule has 1 N–H and O–H groups in total. The van der Waals surface area contributed by atoms with Crippen LogP contribution in [0.1, 0.15) is 26.3 Å². The zero-order chi connectivity index (χ0) is 19.7. The topological polar surface area (TPSA) is 63.1 Å². The van der Waals surface area contributed by atoms with Gasteiger partial charge in [0.25, 0.3) is 0 Å². The molecule has 6 nitrogen and oxygen atoms in total. The summed E-state index contributed by atoms with van der Waals surface area (Å²) < 4.78 is 28.1. The largest absolute Gasteiger partial charge is 0.323 e. The van der Waals surface area contributed by atoms with Crippen molar-refractivity contribution in [3.05, 3.63) is 59.9 Å². The van der Waals surface area contributed by atoms with Gasteiger partial charge >= 0.3 is 0 Å². The first-order chi connectivity index (χ1) is 13.5. The Labute approximate surface area is 162 Å². The molecule has 0 saturated carbocycles. The van der Waals surface area contributed by atoms with Crippen molar-refractivity contribution in [3.8, 4) is 5.69 Å². The Hall–Kier alpha value is -3.29. The van der Waals surface area contributed by atoms with E-state index in [1.165, 1.54) is 23.1 Å². The van der Waals surface area contributed by atoms with Gasteiger partial charge in [-0.1, -0.05) is 0 Å². The van der Waals surface area contributed by atoms with Crippen LogP contribution in [0, 0.1) is 18.6 Å². The number of anilines is 3. The second kappa shape index (κ2) is 7.38. The van der Waals surface area contributed by atoms with Crippen molar-refractivity contribution in [1.82, 2.24) is 14.8 Å². The van der Waals surface area contributed by atoms with Gasteiger partial charge in [0.05, 0.1) is 5.69 Å². The highest BCUT2D eigenvalue weighted by atomic mass is 19.1. The first-order valence-electron chi connectivity index (χ1n) is 9.05. The Bertz CT molecular complexity index is 1020. The fourth-order valence-electron chi connectivity index (χ4n) is 3.32. The average Bonchev–Trinajstić information content (AvgIpc) is 3.09. The molecular weight excluding hydrogens is 364 g/mol. The molecule has 8 heteroatoms. The summed E-state index contributed by atoms with van der Waals surface area (Å²) in [7, 11) is 0. The molecule has 1 fully saturated rings. The average molecular weight is 385 g/mol. The van der Waals surface area contributed by atoms with Crippen molar-refractivity contribution in [2.24, 2.45) is 0 Å². The lowest BCUT2D eigenvalue weighted by Crippen LogP contribution is -2.35. The molecule has 1 amide bonds. The molecular formula is C20H21F2N5O. The Morgan fingerprint density at radius 3 is 2.57 bits per heavy atom. The lowest BCUT2D eigenvalue weighted by Gasteiger charge is -2.27. The quantitative estimate of drug-likeness (QED) is 0.725. The summed E-state index contributed by atoms with van der Waals surface area (Å²) in [5.74, 6) is -0.964. The third-order valence-electron chi connectivity index (χ3n) is 4.56. The number of nitrogens with one attached hydrogen (secondary N) is 1. The third kappa shape index (κ3) is 3.85. The van der Waals surface area contributed by atoms with E-state index in [1.54, 1.807) is 4.90 Å². The van der Waals surface area contributed by atoms with Gasteiger partial charge in [-0.25, -0.2) is 13.5 Å². The Morgan fingerprint density at radius 1 is 1.04 bits per heavy atom. The smallest absolute Gasteiger partial charge is 0.246 e. The van der Waals surface area contributed by atoms with Crippen LogP contribution in [0.4, 0.5) is 26.1 Å². The lowest BCUT2D eigenvalue weighted by molar-refractivity contribution is -0.119. The highest BCUT2D eigenvalue weighted by Gasteiger charge is 2.20. The van der Waals surface area contributed by atoms with Crippen LogP contribution in [0.2, 0.25) is 0 Å². The summed E-state index contributed by atoms with van der Waals surface area (Å²) in [4.78, 5) is 18.2. The number of carbonyl (C=O) groups is 1. The summed E-state index contributed by atoms with van der Waals surface area (Å²) in [6, 6.07) is 8.91. The minimum absolute atomic E-state index is 0. The van der Waals surface area contributed by atoms with Crippen molar-refractivity contribution >= 4 is 23.2 Å². The number of amides is 1. The molecule has 0 atom stereocenters. The van der Waals surface area contributed by atoms with Gasteiger partial charge in [-0.2, -0.15) is 4.98 Å². The van der Waals surface area contributed by atoms with Crippen LogP contribution < -0.4 is 10.2 Å². The number of benzene rings is 2. The molecule has 3 aromatic rings. The SMILES string of the molecule is Cc1cc(Nc2ncn(-c3cc(F)cc(F)c3)n2)cc(N2CCCCC2=O)c1.[HH]. The van der Waals surface area contributed by atoms with E-state index in [1.807, 2.05) is 25.1 Å². The van der Waals surface area contributed by atoms with Crippen LogP contribution in [0.25, 0.3) is 5.69 Å². The zero-order valence-corrected chi connectivity index (χ0v) is 15.3. The van der Waals surface area contributed by atoms with Crippen molar-refractivity contribution in [1.29, 1.82) is 0 Å². The van der Waals surface area contributed by atoms with Crippen molar-refractivity contribution in [3.63, 3.8) is 0 Å². The third-order valence-corrected chi connectivity index (χ3v) is 4.56. The van der Waals surface area contributed by atoms with Crippen LogP contribution in [0.5, 0.6) is 0 Å². The number of rotatable bonds is 4. The molecule has 1 aliphatic heterocycles. The van der Waals surface area contributed by atoms with Crippen LogP contribution in [-0.4, -0.2) is 27.2 Å². The summed E-state index contributed by atoms with van der Waals surface area (Å²) in [5, 5.41) is 7.32. The maximum absolute atomic E-state index is 13.4. The van der Waals surface area contributed by atoms with E-state index in [0.29, 0.717) is 13.0 Å². The van der Waals surface area contributed by atoms with Gasteiger partial charge < -0.3 is 10.2 Å². The number of aryl methyl sites for hydroxylation is 1. The predicted octanol–water partition coefficient (Wildman–Crippen LogP) is 4.36. The number of hydrogen-bond acceptors (Lipinski definition) is 4. The lowest BCUT2D eigenvalue weighted by atomic mass is 10.1. The summed E-state index contributed by atoms with van der Waals surface area (Å²) in [5.41, 5.74) is 2.79. The van der Waals surface area contributed by atoms with Crippen LogP contribution in [0.15, 0.2) is 42.7 Å². The van der Waals surface area contributed by atoms with Gasteiger partial charge in [-0.15, -0.1) is 5.10 Å². The standard InChI is InChI=1S/C20H19F2N5O.H2/c1-13-6-16(11-17(7-13)26-5-3-2-4-19(26)28)24-20-23-12-27(25-20)18-9-14(21)8-15(22)10-18;/h6-12H,2-5H2,1H3,(H,24,25);1H. The number of aromatic nitrogens is 3. The zero-order valence-electron chi connectivity index (χ0n) is 15.3. The first kappa shape index (κ1) is 18.1. The van der Waals surface area contributed by atoms with E-state index in [0.717, 1.165) is 35.8 Å². The number of halogens is 2. The molecule has 146 valence electrons. The number of hydrogen-bond donors (Lipinski definition) is 1. The molecule has 1 aromatic heterocycles. The van der Waals surface area contributed by atoms with Crippen molar-refractivity contribution < 1.29 is 15.0 Å². The van der Waals surface area contributed by atoms with E-state index in [4.69, 9.17) is 0 Å². The van der Waals surface area contributed by atoms with Crippen LogP contribution >= 0.6 is 0 Å². The minimum atomic E-state index is -0.686. The second-order valence-corrected chi connectivity index (χ2v) is 6.83. The molecule has 0 aliphatic carbocycles. The molecule has 2 aromatic carbocycles. The first-order valence-corrected chi connectivity index (χ1v) is 9.05. The van der Waals surface area contributed by atoms with Gasteiger partial charge in [-0.3, -0.25) is 4.79 Å². The monoisotopic (exact) mass is 385 g/mol. The molecule has 4 rings (SSSR count). The van der Waals surface area contributed by atoms with Gasteiger partial charge in [-0.05, 0) is 55.7 Å². The van der Waals surface area contributed by atoms with Crippen molar-refractivity contribution in [2.45, 2.75) is 26.2 Å². The minimum Gasteiger partial charge on any atom is -0.323 e. The summed E-state index contributed by atoms with van der Waals surface area (Å²) in [6.45, 7) is 2.66. The summed E-state index contributed by atoms with van der Waals surface area (Å²) >= 11 is 0. The Kier molecular flexibility index (Phi) is 4.77. The van der Waals surface area contributed by atoms with E-state index >= 15 is 0 Å². The van der Waals surface area contributed by atoms with Gasteiger partial charge in [0.2, 0.25) is 11.9 Å². The van der Waals surface area contributed by atoms with E-state index in [2.05, 4.69) is 15.4 Å². The fraction of sp³-hybridized carbons (Fsp3) is 0.250. The number of piperidine rings is 1. The van der Waals surface area contributed by atoms with E-state index in [9.17, 15) is 13.6 Å². The fourth-order valence-corrected chi connectivity index (χ4v) is 3.32. The number of carbonyl (C=O) groups excluding carboxylic acids is 1. The van der Waals surface area contributed by atoms with Crippen LogP contribution in [0.3, 0.4) is 0 Å². The highest BCUT2D eigenvalue weighted by Crippen LogP contribution is 2.27. The maximum Gasteiger partial charge on any atom is 0.246 e. The Morgan fingerprint density at radius 2 is 1.82 bits per heavy atom. The molecule has 1 aliphatic rings. The molecule has 28 heavy (non-hydrogen) atoms. The number of nitrogens with zero attached hydrogens (tertiary/aromatic N) is 4. The van der Waals surface area contributed by atoms with Gasteiger partial charge in [0.1, 0.15) is 18.0 Å². The molecule has 0 bridgehead atoms. The molecule has 2 heterocycles. The highest BCUT2D eigenvalue weighted by molar-refractivity contribution is 5.94. The summed E-state index contributed by atoms with van der Waals surface area (Å²) in [6.07, 6.45) is 3.85. The molecule has 1 saturated heterocycles. The predicted molar refractivity (Wildman–Crippen MR) is 104 cm³/mol. The van der Waals surface area contributed by atoms with Crippen molar-refractivity contribution in [2.75, 3.05) is 16.8 Å². The molecule has 0 spiro atoms. The maximum atomic E-state index is 13.4. The van der Waals surface area contributed by atoms with Gasteiger partial charge in [0.15, 0.2) is 0 Å². The molecule has 0 unspecified atom stereocenters. The normalized spacial score (nSPS) is 14.4. The molecule has 0 radical (unpaired) electrons. The Balaban J connectivity index is 0.00000240. The van der Waals surface area contributed by atoms with E-state index < -0.39 is 11.6 Å². The van der Waals surface area contributed by atoms with Gasteiger partial charge in [0, 0.05) is 31.8 Å². The van der Waals surface area contributed by atoms with Crippen LogP contribution in [-0.2, 0) is 4.79 Å². The second-order valence-electron chi connectivity index (χ2n) is 6.83. The van der Waals surface area contributed by atoms with E-state index in [-0.39, 0.29) is 19.0 Å².